The average Bonchev–Trinajstić information content (AvgIpc) is 2.28. The van der Waals surface area contributed by atoms with Gasteiger partial charge in [-0.1, -0.05) is 19.1 Å². The zero-order valence-corrected chi connectivity index (χ0v) is 10.4. The molecule has 1 aromatic carbocycles. The van der Waals surface area contributed by atoms with Crippen molar-refractivity contribution in [2.24, 2.45) is 5.92 Å². The van der Waals surface area contributed by atoms with E-state index in [0.717, 1.165) is 31.2 Å². The Hall–Kier alpha value is -1.64. The fraction of sp³-hybridized carbons (Fsp3) is 0.429. The van der Waals surface area contributed by atoms with Crippen molar-refractivity contribution >= 4 is 17.9 Å². The fourth-order valence-corrected chi connectivity index (χ4v) is 1.70. The van der Waals surface area contributed by atoms with E-state index in [1.54, 1.807) is 0 Å². The van der Waals surface area contributed by atoms with E-state index >= 15 is 0 Å². The Labute approximate surface area is 102 Å². The maximum Gasteiger partial charge on any atom is 0.221 e. The summed E-state index contributed by atoms with van der Waals surface area (Å²) in [6, 6.07) is 7.83. The molecule has 0 saturated carbocycles. The Balaban J connectivity index is 2.48. The molecule has 1 amide bonds. The van der Waals surface area contributed by atoms with Gasteiger partial charge in [-0.3, -0.25) is 4.79 Å². The molecule has 0 aliphatic rings. The van der Waals surface area contributed by atoms with E-state index in [2.05, 4.69) is 5.32 Å². The van der Waals surface area contributed by atoms with Crippen molar-refractivity contribution in [1.82, 2.24) is 0 Å². The predicted octanol–water partition coefficient (Wildman–Crippen LogP) is 2.80. The third-order valence-corrected chi connectivity index (χ3v) is 2.60. The minimum Gasteiger partial charge on any atom is -0.326 e. The van der Waals surface area contributed by atoms with Gasteiger partial charge < -0.3 is 10.1 Å². The lowest BCUT2D eigenvalue weighted by molar-refractivity contribution is -0.114. The van der Waals surface area contributed by atoms with Crippen LogP contribution in [0.4, 0.5) is 5.69 Å². The lowest BCUT2D eigenvalue weighted by Gasteiger charge is -2.06. The van der Waals surface area contributed by atoms with Gasteiger partial charge in [-0.2, -0.15) is 0 Å². The molecule has 1 N–H and O–H groups in total. The average molecular weight is 233 g/mol. The normalized spacial score (nSPS) is 11.9. The van der Waals surface area contributed by atoms with Crippen molar-refractivity contribution in [3.05, 3.63) is 29.8 Å². The smallest absolute Gasteiger partial charge is 0.221 e. The summed E-state index contributed by atoms with van der Waals surface area (Å²) in [5, 5.41) is 2.76. The van der Waals surface area contributed by atoms with E-state index in [0.29, 0.717) is 0 Å². The van der Waals surface area contributed by atoms with Crippen LogP contribution in [0.5, 0.6) is 0 Å². The molecule has 0 aliphatic carbocycles. The van der Waals surface area contributed by atoms with Crippen LogP contribution < -0.4 is 5.32 Å². The molecule has 1 atom stereocenters. The Morgan fingerprint density at radius 2 is 2.24 bits per heavy atom. The first-order valence-corrected chi connectivity index (χ1v) is 5.93. The lowest BCUT2D eigenvalue weighted by Crippen LogP contribution is -2.05. The number of rotatable bonds is 6. The summed E-state index contributed by atoms with van der Waals surface area (Å²) < 4.78 is 0. The molecule has 1 unspecified atom stereocenters. The van der Waals surface area contributed by atoms with Crippen LogP contribution in [0, 0.1) is 5.92 Å². The molecular weight excluding hydrogens is 214 g/mol. The second-order valence-corrected chi connectivity index (χ2v) is 4.39. The molecule has 0 heterocycles. The van der Waals surface area contributed by atoms with Crippen molar-refractivity contribution in [2.75, 3.05) is 5.32 Å². The number of benzene rings is 1. The van der Waals surface area contributed by atoms with E-state index < -0.39 is 0 Å². The summed E-state index contributed by atoms with van der Waals surface area (Å²) in [5.74, 6) is 0.0743. The zero-order valence-electron chi connectivity index (χ0n) is 10.4. The monoisotopic (exact) mass is 233 g/mol. The highest BCUT2D eigenvalue weighted by molar-refractivity contribution is 5.88. The molecule has 0 radical (unpaired) electrons. The number of hydrogen-bond donors (Lipinski definition) is 1. The molecule has 0 saturated heterocycles. The van der Waals surface area contributed by atoms with Crippen molar-refractivity contribution in [2.45, 2.75) is 33.1 Å². The highest BCUT2D eigenvalue weighted by atomic mass is 16.1. The second-order valence-electron chi connectivity index (χ2n) is 4.39. The third-order valence-electron chi connectivity index (χ3n) is 2.60. The molecule has 0 aliphatic heterocycles. The molecule has 0 aromatic heterocycles. The summed E-state index contributed by atoms with van der Waals surface area (Å²) in [5.41, 5.74) is 2.02. The van der Waals surface area contributed by atoms with E-state index in [-0.39, 0.29) is 11.8 Å². The van der Waals surface area contributed by atoms with Crippen molar-refractivity contribution in [3.63, 3.8) is 0 Å². The summed E-state index contributed by atoms with van der Waals surface area (Å²) >= 11 is 0. The van der Waals surface area contributed by atoms with Gasteiger partial charge in [-0.15, -0.1) is 0 Å². The van der Waals surface area contributed by atoms with Crippen molar-refractivity contribution in [3.8, 4) is 0 Å². The van der Waals surface area contributed by atoms with Crippen LogP contribution >= 0.6 is 0 Å². The van der Waals surface area contributed by atoms with Crippen LogP contribution in [-0.4, -0.2) is 12.2 Å². The molecule has 0 spiro atoms. The molecular formula is C14H19NO2. The maximum absolute atomic E-state index is 10.9. The quantitative estimate of drug-likeness (QED) is 0.768. The van der Waals surface area contributed by atoms with Crippen molar-refractivity contribution in [1.29, 1.82) is 0 Å². The topological polar surface area (TPSA) is 46.2 Å². The standard InChI is InChI=1S/C14H19NO2/c1-11(10-16)5-3-6-13-7-4-8-14(9-13)15-12(2)17/h4,7-11H,3,5-6H2,1-2H3,(H,15,17). The first-order valence-electron chi connectivity index (χ1n) is 5.93. The summed E-state index contributed by atoms with van der Waals surface area (Å²) in [6.07, 6.45) is 3.83. The van der Waals surface area contributed by atoms with Gasteiger partial charge in [0.2, 0.25) is 5.91 Å². The van der Waals surface area contributed by atoms with Gasteiger partial charge in [0.1, 0.15) is 6.29 Å². The van der Waals surface area contributed by atoms with E-state index in [1.807, 2.05) is 31.2 Å². The molecule has 3 heteroatoms. The highest BCUT2D eigenvalue weighted by Crippen LogP contribution is 2.14. The Bertz CT molecular complexity index is 388. The number of carbonyl (C=O) groups excluding carboxylic acids is 2. The molecule has 0 bridgehead atoms. The Morgan fingerprint density at radius 1 is 1.47 bits per heavy atom. The minimum absolute atomic E-state index is 0.0586. The van der Waals surface area contributed by atoms with Gasteiger partial charge in [0.25, 0.3) is 0 Å². The van der Waals surface area contributed by atoms with Gasteiger partial charge in [0, 0.05) is 18.5 Å². The summed E-state index contributed by atoms with van der Waals surface area (Å²) in [6.45, 7) is 3.43. The SMILES string of the molecule is CC(=O)Nc1cccc(CCCC(C)C=O)c1. The van der Waals surface area contributed by atoms with Crippen LogP contribution in [0.1, 0.15) is 32.3 Å². The number of anilines is 1. The number of carbonyl (C=O) groups is 2. The maximum atomic E-state index is 10.9. The van der Waals surface area contributed by atoms with E-state index in [4.69, 9.17) is 0 Å². The van der Waals surface area contributed by atoms with Gasteiger partial charge in [-0.05, 0) is 37.0 Å². The van der Waals surface area contributed by atoms with Crippen LogP contribution in [0.3, 0.4) is 0 Å². The molecule has 17 heavy (non-hydrogen) atoms. The first kappa shape index (κ1) is 13.4. The van der Waals surface area contributed by atoms with E-state index in [1.165, 1.54) is 12.5 Å². The molecule has 3 nitrogen and oxygen atoms in total. The van der Waals surface area contributed by atoms with Crippen LogP contribution in [0.25, 0.3) is 0 Å². The van der Waals surface area contributed by atoms with Gasteiger partial charge in [-0.25, -0.2) is 0 Å². The lowest BCUT2D eigenvalue weighted by atomic mass is 10.0. The first-order chi connectivity index (χ1) is 8.11. The minimum atomic E-state index is -0.0586. The second kappa shape index (κ2) is 6.84. The van der Waals surface area contributed by atoms with Crippen LogP contribution in [0.2, 0.25) is 0 Å². The van der Waals surface area contributed by atoms with Gasteiger partial charge in [0.05, 0.1) is 0 Å². The number of amides is 1. The Kier molecular flexibility index (Phi) is 5.40. The van der Waals surface area contributed by atoms with Gasteiger partial charge >= 0.3 is 0 Å². The Morgan fingerprint density at radius 3 is 2.88 bits per heavy atom. The van der Waals surface area contributed by atoms with E-state index in [9.17, 15) is 9.59 Å². The largest absolute Gasteiger partial charge is 0.326 e. The summed E-state index contributed by atoms with van der Waals surface area (Å²) in [4.78, 5) is 21.4. The van der Waals surface area contributed by atoms with Gasteiger partial charge in [0.15, 0.2) is 0 Å². The van der Waals surface area contributed by atoms with Crippen LogP contribution in [0.15, 0.2) is 24.3 Å². The number of aryl methyl sites for hydroxylation is 1. The number of hydrogen-bond acceptors (Lipinski definition) is 2. The molecule has 1 aromatic rings. The van der Waals surface area contributed by atoms with Crippen molar-refractivity contribution < 1.29 is 9.59 Å². The summed E-state index contributed by atoms with van der Waals surface area (Å²) in [7, 11) is 0. The highest BCUT2D eigenvalue weighted by Gasteiger charge is 2.01. The molecule has 92 valence electrons. The predicted molar refractivity (Wildman–Crippen MR) is 68.9 cm³/mol. The molecule has 0 fully saturated rings. The third kappa shape index (κ3) is 5.29. The van der Waals surface area contributed by atoms with Crippen LogP contribution in [-0.2, 0) is 16.0 Å². The number of nitrogens with one attached hydrogen (secondary N) is 1. The fourth-order valence-electron chi connectivity index (χ4n) is 1.70. The zero-order chi connectivity index (χ0) is 12.7. The molecule has 1 rings (SSSR count). The number of aldehydes is 1.